The second-order valence-electron chi connectivity index (χ2n) is 9.23. The highest BCUT2D eigenvalue weighted by molar-refractivity contribution is 5.68. The Balaban J connectivity index is 4.60. The van der Waals surface area contributed by atoms with Gasteiger partial charge in [0, 0.05) is 25.6 Å². The Morgan fingerprint density at radius 3 is 1.77 bits per heavy atom. The smallest absolute Gasteiger partial charge is 0.305 e. The fraction of sp³-hybridized carbons (Fsp3) is 0.960. The largest absolute Gasteiger partial charge is 0.469 e. The van der Waals surface area contributed by atoms with Crippen LogP contribution in [0.4, 0.5) is 0 Å². The third-order valence-corrected chi connectivity index (χ3v) is 5.87. The molecule has 0 saturated heterocycles. The molecule has 0 aliphatic carbocycles. The number of rotatable bonds is 21. The van der Waals surface area contributed by atoms with Crippen LogP contribution >= 0.6 is 0 Å². The monoisotopic (exact) mass is 445 g/mol. The molecule has 0 aromatic heterocycles. The molecule has 0 radical (unpaired) electrons. The van der Waals surface area contributed by atoms with Gasteiger partial charge in [-0.05, 0) is 33.1 Å². The van der Waals surface area contributed by atoms with Crippen molar-refractivity contribution in [2.24, 2.45) is 0 Å². The van der Waals surface area contributed by atoms with Gasteiger partial charge in [0.15, 0.2) is 0 Å². The highest BCUT2D eigenvalue weighted by Gasteiger charge is 2.27. The SMILES string of the molecule is CCCCCCCCC(O)C(CCCCCCCC(=O)OC)N(CC(C)O)CC(C)O. The zero-order chi connectivity index (χ0) is 23.5. The number of ether oxygens (including phenoxy) is 1. The van der Waals surface area contributed by atoms with Crippen molar-refractivity contribution in [3.05, 3.63) is 0 Å². The number of carbonyl (C=O) groups is 1. The molecule has 4 atom stereocenters. The van der Waals surface area contributed by atoms with E-state index in [0.29, 0.717) is 19.5 Å². The molecule has 0 fully saturated rings. The van der Waals surface area contributed by atoms with E-state index in [4.69, 9.17) is 0 Å². The number of aliphatic hydroxyl groups excluding tert-OH is 3. The van der Waals surface area contributed by atoms with E-state index < -0.39 is 18.3 Å². The summed E-state index contributed by atoms with van der Waals surface area (Å²) in [5, 5.41) is 30.9. The summed E-state index contributed by atoms with van der Waals surface area (Å²) in [5.41, 5.74) is 0. The maximum atomic E-state index is 11.2. The van der Waals surface area contributed by atoms with Crippen molar-refractivity contribution in [3.63, 3.8) is 0 Å². The van der Waals surface area contributed by atoms with Crippen molar-refractivity contribution in [3.8, 4) is 0 Å². The van der Waals surface area contributed by atoms with Crippen molar-refractivity contribution in [1.82, 2.24) is 4.90 Å². The van der Waals surface area contributed by atoms with Gasteiger partial charge in [0.1, 0.15) is 0 Å². The van der Waals surface area contributed by atoms with E-state index in [2.05, 4.69) is 16.6 Å². The summed E-state index contributed by atoms with van der Waals surface area (Å²) < 4.78 is 4.67. The highest BCUT2D eigenvalue weighted by atomic mass is 16.5. The first-order chi connectivity index (χ1) is 14.8. The summed E-state index contributed by atoms with van der Waals surface area (Å²) in [5.74, 6) is -0.148. The lowest BCUT2D eigenvalue weighted by atomic mass is 9.95. The second kappa shape index (κ2) is 20.0. The van der Waals surface area contributed by atoms with Gasteiger partial charge in [-0.2, -0.15) is 0 Å². The first kappa shape index (κ1) is 30.3. The van der Waals surface area contributed by atoms with Crippen molar-refractivity contribution in [2.75, 3.05) is 20.2 Å². The predicted octanol–water partition coefficient (Wildman–Crippen LogP) is 4.43. The summed E-state index contributed by atoms with van der Waals surface area (Å²) >= 11 is 0. The predicted molar refractivity (Wildman–Crippen MR) is 127 cm³/mol. The molecule has 0 aromatic carbocycles. The Labute approximate surface area is 191 Å². The molecule has 0 aromatic rings. The zero-order valence-corrected chi connectivity index (χ0v) is 20.7. The standard InChI is InChI=1S/C25H51NO5/c1-5-6-7-8-11-14-17-24(29)23(26(19-21(2)27)20-22(3)28)16-13-10-9-12-15-18-25(30)31-4/h21-24,27-29H,5-20H2,1-4H3. The number of nitrogens with zero attached hydrogens (tertiary/aromatic N) is 1. The van der Waals surface area contributed by atoms with Crippen LogP contribution in [-0.4, -0.2) is 70.7 Å². The quantitative estimate of drug-likeness (QED) is 0.179. The molecule has 6 heteroatoms. The molecule has 186 valence electrons. The lowest BCUT2D eigenvalue weighted by Gasteiger charge is -2.36. The van der Waals surface area contributed by atoms with E-state index in [1.54, 1.807) is 13.8 Å². The molecule has 0 saturated carbocycles. The molecule has 0 aliphatic heterocycles. The molecule has 31 heavy (non-hydrogen) atoms. The van der Waals surface area contributed by atoms with Crippen LogP contribution < -0.4 is 0 Å². The minimum Gasteiger partial charge on any atom is -0.469 e. The van der Waals surface area contributed by atoms with Gasteiger partial charge in [0.25, 0.3) is 0 Å². The molecule has 0 bridgehead atoms. The van der Waals surface area contributed by atoms with Gasteiger partial charge in [-0.1, -0.05) is 71.1 Å². The zero-order valence-electron chi connectivity index (χ0n) is 20.7. The summed E-state index contributed by atoms with van der Waals surface area (Å²) in [6.07, 6.45) is 12.8. The molecule has 0 aliphatic rings. The van der Waals surface area contributed by atoms with Crippen molar-refractivity contribution in [1.29, 1.82) is 0 Å². The molecule has 0 amide bonds. The van der Waals surface area contributed by atoms with Crippen LogP contribution in [0.5, 0.6) is 0 Å². The molecule has 6 nitrogen and oxygen atoms in total. The average molecular weight is 446 g/mol. The Morgan fingerprint density at radius 2 is 1.26 bits per heavy atom. The van der Waals surface area contributed by atoms with Crippen LogP contribution in [0.25, 0.3) is 0 Å². The Morgan fingerprint density at radius 1 is 0.774 bits per heavy atom. The van der Waals surface area contributed by atoms with Crippen molar-refractivity contribution >= 4 is 5.97 Å². The number of methoxy groups -OCH3 is 1. The van der Waals surface area contributed by atoms with E-state index in [0.717, 1.165) is 57.8 Å². The average Bonchev–Trinajstić information content (AvgIpc) is 2.71. The summed E-state index contributed by atoms with van der Waals surface area (Å²) in [7, 11) is 1.42. The van der Waals surface area contributed by atoms with E-state index in [1.807, 2.05) is 0 Å². The third kappa shape index (κ3) is 17.5. The van der Waals surface area contributed by atoms with Crippen LogP contribution in [0.1, 0.15) is 111 Å². The third-order valence-electron chi connectivity index (χ3n) is 5.87. The van der Waals surface area contributed by atoms with E-state index in [-0.39, 0.29) is 12.0 Å². The fourth-order valence-electron chi connectivity index (χ4n) is 4.22. The van der Waals surface area contributed by atoms with Gasteiger partial charge >= 0.3 is 5.97 Å². The number of hydrogen-bond donors (Lipinski definition) is 3. The van der Waals surface area contributed by atoms with Gasteiger partial charge in [-0.25, -0.2) is 0 Å². The molecule has 4 unspecified atom stereocenters. The number of carbonyl (C=O) groups excluding carboxylic acids is 1. The van der Waals surface area contributed by atoms with E-state index >= 15 is 0 Å². The first-order valence-electron chi connectivity index (χ1n) is 12.7. The van der Waals surface area contributed by atoms with Gasteiger partial charge in [0.2, 0.25) is 0 Å². The minimum absolute atomic E-state index is 0.0464. The number of esters is 1. The highest BCUT2D eigenvalue weighted by Crippen LogP contribution is 2.20. The topological polar surface area (TPSA) is 90.2 Å². The summed E-state index contributed by atoms with van der Waals surface area (Å²) in [6, 6.07) is -0.0464. The van der Waals surface area contributed by atoms with Crippen LogP contribution in [0, 0.1) is 0 Å². The molecule has 0 heterocycles. The first-order valence-corrected chi connectivity index (χ1v) is 12.7. The Bertz CT molecular complexity index is 407. The lowest BCUT2D eigenvalue weighted by Crippen LogP contribution is -2.49. The van der Waals surface area contributed by atoms with Gasteiger partial charge in [-0.3, -0.25) is 9.69 Å². The lowest BCUT2D eigenvalue weighted by molar-refractivity contribution is -0.140. The van der Waals surface area contributed by atoms with Crippen molar-refractivity contribution in [2.45, 2.75) is 135 Å². The van der Waals surface area contributed by atoms with Gasteiger partial charge < -0.3 is 20.1 Å². The van der Waals surface area contributed by atoms with E-state index in [9.17, 15) is 20.1 Å². The summed E-state index contributed by atoms with van der Waals surface area (Å²) in [4.78, 5) is 13.3. The second-order valence-corrected chi connectivity index (χ2v) is 9.23. The van der Waals surface area contributed by atoms with Gasteiger partial charge in [0.05, 0.1) is 25.4 Å². The normalized spacial score (nSPS) is 15.6. The maximum absolute atomic E-state index is 11.2. The van der Waals surface area contributed by atoms with Crippen molar-refractivity contribution < 1.29 is 24.9 Å². The summed E-state index contributed by atoms with van der Waals surface area (Å²) in [6.45, 7) is 6.65. The molecule has 0 spiro atoms. The number of aliphatic hydroxyl groups is 3. The number of hydrogen-bond acceptors (Lipinski definition) is 6. The van der Waals surface area contributed by atoms with Crippen LogP contribution in [0.2, 0.25) is 0 Å². The van der Waals surface area contributed by atoms with Crippen LogP contribution in [0.3, 0.4) is 0 Å². The number of unbranched alkanes of at least 4 members (excludes halogenated alkanes) is 9. The molecular formula is C25H51NO5. The van der Waals surface area contributed by atoms with E-state index in [1.165, 1.54) is 32.8 Å². The molecular weight excluding hydrogens is 394 g/mol. The van der Waals surface area contributed by atoms with Crippen LogP contribution in [0.15, 0.2) is 0 Å². The Hall–Kier alpha value is -0.690. The molecule has 0 rings (SSSR count). The maximum Gasteiger partial charge on any atom is 0.305 e. The minimum atomic E-state index is -0.499. The molecule has 3 N–H and O–H groups in total. The van der Waals surface area contributed by atoms with Crippen LogP contribution in [-0.2, 0) is 9.53 Å². The Kier molecular flexibility index (Phi) is 19.5. The van der Waals surface area contributed by atoms with Gasteiger partial charge in [-0.15, -0.1) is 0 Å². The fourth-order valence-corrected chi connectivity index (χ4v) is 4.22.